The van der Waals surface area contributed by atoms with E-state index >= 15 is 0 Å². The molecule has 1 N–H and O–H groups in total. The van der Waals surface area contributed by atoms with Gasteiger partial charge in [-0.25, -0.2) is 9.18 Å². The Labute approximate surface area is 151 Å². The summed E-state index contributed by atoms with van der Waals surface area (Å²) in [5.41, 5.74) is 1.18. The van der Waals surface area contributed by atoms with Crippen molar-refractivity contribution in [2.45, 2.75) is 32.7 Å². The van der Waals surface area contributed by atoms with Crippen LogP contribution >= 0.6 is 0 Å². The molecule has 0 bridgehead atoms. The van der Waals surface area contributed by atoms with Crippen molar-refractivity contribution in [3.63, 3.8) is 0 Å². The molecular formula is C18H23FN4O3. The summed E-state index contributed by atoms with van der Waals surface area (Å²) >= 11 is 0. The summed E-state index contributed by atoms with van der Waals surface area (Å²) in [6.07, 6.45) is -0.348. The molecule has 3 rings (SSSR count). The SMILES string of the molecule is CCOC(=O)N1CCNC[C@@H]1C(C)c1noc(-c2cc(C)ccc2F)n1. The first-order valence-corrected chi connectivity index (χ1v) is 8.75. The average Bonchev–Trinajstić information content (AvgIpc) is 3.13. The molecule has 7 nitrogen and oxygen atoms in total. The van der Waals surface area contributed by atoms with Gasteiger partial charge in [0.15, 0.2) is 5.82 Å². The molecule has 8 heteroatoms. The molecule has 1 aromatic heterocycles. The summed E-state index contributed by atoms with van der Waals surface area (Å²) in [5, 5.41) is 7.29. The summed E-state index contributed by atoms with van der Waals surface area (Å²) < 4.78 is 24.5. The zero-order chi connectivity index (χ0) is 18.7. The van der Waals surface area contributed by atoms with Gasteiger partial charge < -0.3 is 19.5 Å². The van der Waals surface area contributed by atoms with Gasteiger partial charge in [0, 0.05) is 25.6 Å². The molecule has 1 fully saturated rings. The van der Waals surface area contributed by atoms with Crippen LogP contribution in [-0.4, -0.2) is 53.4 Å². The van der Waals surface area contributed by atoms with Crippen molar-refractivity contribution in [1.82, 2.24) is 20.4 Å². The van der Waals surface area contributed by atoms with Gasteiger partial charge >= 0.3 is 6.09 Å². The maximum absolute atomic E-state index is 14.1. The van der Waals surface area contributed by atoms with Gasteiger partial charge in [-0.15, -0.1) is 0 Å². The Morgan fingerprint density at radius 1 is 1.54 bits per heavy atom. The Morgan fingerprint density at radius 3 is 3.12 bits per heavy atom. The van der Waals surface area contributed by atoms with Crippen molar-refractivity contribution in [2.75, 3.05) is 26.2 Å². The molecule has 0 radical (unpaired) electrons. The van der Waals surface area contributed by atoms with Gasteiger partial charge in [0.2, 0.25) is 0 Å². The second-order valence-electron chi connectivity index (χ2n) is 6.39. The Bertz CT molecular complexity index is 780. The molecule has 1 aromatic carbocycles. The molecule has 1 aliphatic heterocycles. The molecule has 2 aromatic rings. The smallest absolute Gasteiger partial charge is 0.410 e. The van der Waals surface area contributed by atoms with E-state index in [1.807, 2.05) is 13.8 Å². The van der Waals surface area contributed by atoms with E-state index in [9.17, 15) is 9.18 Å². The molecule has 2 atom stereocenters. The Kier molecular flexibility index (Phi) is 5.51. The third kappa shape index (κ3) is 3.70. The number of halogens is 1. The number of hydrogen-bond acceptors (Lipinski definition) is 6. The molecule has 1 saturated heterocycles. The van der Waals surface area contributed by atoms with Crippen LogP contribution in [0.25, 0.3) is 11.5 Å². The van der Waals surface area contributed by atoms with Gasteiger partial charge in [0.25, 0.3) is 5.89 Å². The van der Waals surface area contributed by atoms with Gasteiger partial charge in [0.05, 0.1) is 18.2 Å². The molecule has 26 heavy (non-hydrogen) atoms. The lowest BCUT2D eigenvalue weighted by Crippen LogP contribution is -2.55. The van der Waals surface area contributed by atoms with E-state index in [0.29, 0.717) is 32.1 Å². The minimum Gasteiger partial charge on any atom is -0.450 e. The standard InChI is InChI=1S/C18H23FN4O3/c1-4-25-18(24)23-8-7-20-10-15(23)12(3)16-21-17(26-22-16)13-9-11(2)5-6-14(13)19/h5-6,9,12,15,20H,4,7-8,10H2,1-3H3/t12?,15-/m1/s1. The molecule has 0 saturated carbocycles. The highest BCUT2D eigenvalue weighted by molar-refractivity contribution is 5.68. The summed E-state index contributed by atoms with van der Waals surface area (Å²) in [4.78, 5) is 18.3. The van der Waals surface area contributed by atoms with E-state index in [2.05, 4.69) is 15.5 Å². The van der Waals surface area contributed by atoms with Crippen molar-refractivity contribution in [3.05, 3.63) is 35.4 Å². The fourth-order valence-electron chi connectivity index (χ4n) is 3.11. The van der Waals surface area contributed by atoms with Gasteiger partial charge in [-0.2, -0.15) is 4.98 Å². The lowest BCUT2D eigenvalue weighted by molar-refractivity contribution is 0.0745. The van der Waals surface area contributed by atoms with Crippen LogP contribution in [0.4, 0.5) is 9.18 Å². The van der Waals surface area contributed by atoms with Crippen LogP contribution in [0.1, 0.15) is 31.2 Å². The number of benzene rings is 1. The van der Waals surface area contributed by atoms with Crippen LogP contribution in [-0.2, 0) is 4.74 Å². The van der Waals surface area contributed by atoms with E-state index in [0.717, 1.165) is 5.56 Å². The molecule has 1 aliphatic rings. The minimum atomic E-state index is -0.411. The molecule has 0 aliphatic carbocycles. The fourth-order valence-corrected chi connectivity index (χ4v) is 3.11. The number of ether oxygens (including phenoxy) is 1. The highest BCUT2D eigenvalue weighted by atomic mass is 19.1. The number of carbonyl (C=O) groups excluding carboxylic acids is 1. The highest BCUT2D eigenvalue weighted by Crippen LogP contribution is 2.27. The van der Waals surface area contributed by atoms with Crippen molar-refractivity contribution >= 4 is 6.09 Å². The molecular weight excluding hydrogens is 339 g/mol. The van der Waals surface area contributed by atoms with E-state index in [4.69, 9.17) is 9.26 Å². The second-order valence-corrected chi connectivity index (χ2v) is 6.39. The first-order valence-electron chi connectivity index (χ1n) is 8.75. The number of aryl methyl sites for hydroxylation is 1. The zero-order valence-electron chi connectivity index (χ0n) is 15.2. The van der Waals surface area contributed by atoms with E-state index in [1.165, 1.54) is 6.07 Å². The Hall–Kier alpha value is -2.48. The second kappa shape index (κ2) is 7.82. The van der Waals surface area contributed by atoms with Crippen LogP contribution in [0.5, 0.6) is 0 Å². The lowest BCUT2D eigenvalue weighted by Gasteiger charge is -2.37. The van der Waals surface area contributed by atoms with Crippen LogP contribution in [0.15, 0.2) is 22.7 Å². The van der Waals surface area contributed by atoms with Gasteiger partial charge in [-0.1, -0.05) is 23.7 Å². The average molecular weight is 362 g/mol. The third-order valence-corrected chi connectivity index (χ3v) is 4.56. The maximum Gasteiger partial charge on any atom is 0.410 e. The van der Waals surface area contributed by atoms with Crippen molar-refractivity contribution in [3.8, 4) is 11.5 Å². The predicted molar refractivity (Wildman–Crippen MR) is 93.2 cm³/mol. The predicted octanol–water partition coefficient (Wildman–Crippen LogP) is 2.72. The summed E-state index contributed by atoms with van der Waals surface area (Å²) in [6.45, 7) is 7.74. The normalized spacial score (nSPS) is 18.6. The number of piperazine rings is 1. The van der Waals surface area contributed by atoms with E-state index < -0.39 is 5.82 Å². The summed E-state index contributed by atoms with van der Waals surface area (Å²) in [6, 6.07) is 4.56. The van der Waals surface area contributed by atoms with Crippen LogP contribution < -0.4 is 5.32 Å². The topological polar surface area (TPSA) is 80.5 Å². The number of carbonyl (C=O) groups is 1. The monoisotopic (exact) mass is 362 g/mol. The van der Waals surface area contributed by atoms with Crippen molar-refractivity contribution in [2.24, 2.45) is 0 Å². The number of amides is 1. The zero-order valence-corrected chi connectivity index (χ0v) is 15.2. The lowest BCUT2D eigenvalue weighted by atomic mass is 9.98. The molecule has 1 amide bonds. The Balaban J connectivity index is 1.83. The van der Waals surface area contributed by atoms with Gasteiger partial charge in [0.1, 0.15) is 5.82 Å². The Morgan fingerprint density at radius 2 is 2.35 bits per heavy atom. The van der Waals surface area contributed by atoms with Crippen LogP contribution in [0.3, 0.4) is 0 Å². The molecule has 2 heterocycles. The van der Waals surface area contributed by atoms with Crippen LogP contribution in [0, 0.1) is 12.7 Å². The summed E-state index contributed by atoms with van der Waals surface area (Å²) in [7, 11) is 0. The third-order valence-electron chi connectivity index (χ3n) is 4.56. The first kappa shape index (κ1) is 18.3. The van der Waals surface area contributed by atoms with E-state index in [1.54, 1.807) is 24.0 Å². The van der Waals surface area contributed by atoms with Crippen LogP contribution in [0.2, 0.25) is 0 Å². The molecule has 140 valence electrons. The van der Waals surface area contributed by atoms with Gasteiger partial charge in [-0.3, -0.25) is 0 Å². The van der Waals surface area contributed by atoms with Crippen molar-refractivity contribution in [1.29, 1.82) is 0 Å². The first-order chi connectivity index (χ1) is 12.5. The maximum atomic E-state index is 14.1. The number of nitrogens with zero attached hydrogens (tertiary/aromatic N) is 3. The number of aromatic nitrogens is 2. The minimum absolute atomic E-state index is 0.138. The summed E-state index contributed by atoms with van der Waals surface area (Å²) in [5.74, 6) is -0.0353. The largest absolute Gasteiger partial charge is 0.450 e. The molecule has 1 unspecified atom stereocenters. The van der Waals surface area contributed by atoms with Crippen molar-refractivity contribution < 1.29 is 18.4 Å². The van der Waals surface area contributed by atoms with E-state index in [-0.39, 0.29) is 29.5 Å². The quantitative estimate of drug-likeness (QED) is 0.901. The number of hydrogen-bond donors (Lipinski definition) is 1. The number of rotatable bonds is 4. The highest BCUT2D eigenvalue weighted by Gasteiger charge is 2.34. The number of nitrogens with one attached hydrogen (secondary N) is 1. The fraction of sp³-hybridized carbons (Fsp3) is 0.500. The van der Waals surface area contributed by atoms with Gasteiger partial charge in [-0.05, 0) is 26.0 Å². The molecule has 0 spiro atoms.